The van der Waals surface area contributed by atoms with E-state index < -0.39 is 0 Å². The molecular formula is C11H24N2O. The first-order valence-corrected chi connectivity index (χ1v) is 5.86. The average Bonchev–Trinajstić information content (AvgIpc) is 2.66. The lowest BCUT2D eigenvalue weighted by Gasteiger charge is -2.23. The molecule has 3 atom stereocenters. The molecule has 0 saturated carbocycles. The minimum absolute atomic E-state index is 0.249. The van der Waals surface area contributed by atoms with Gasteiger partial charge in [0.1, 0.15) is 0 Å². The molecule has 0 radical (unpaired) electrons. The topological polar surface area (TPSA) is 44.3 Å². The van der Waals surface area contributed by atoms with Crippen molar-refractivity contribution >= 4 is 0 Å². The maximum Gasteiger partial charge on any atom is 0.0584 e. The van der Waals surface area contributed by atoms with Crippen LogP contribution in [-0.2, 0) is 0 Å². The second-order valence-electron chi connectivity index (χ2n) is 4.38. The van der Waals surface area contributed by atoms with Crippen molar-refractivity contribution < 1.29 is 5.11 Å². The smallest absolute Gasteiger partial charge is 0.0584 e. The summed E-state index contributed by atoms with van der Waals surface area (Å²) in [6, 6.07) is 1.46. The summed E-state index contributed by atoms with van der Waals surface area (Å²) in [6.07, 6.45) is 4.80. The van der Waals surface area contributed by atoms with Crippen molar-refractivity contribution in [2.24, 2.45) is 0 Å². The van der Waals surface area contributed by atoms with Crippen LogP contribution in [0.15, 0.2) is 0 Å². The summed E-state index contributed by atoms with van der Waals surface area (Å²) in [4.78, 5) is 0. The van der Waals surface area contributed by atoms with Crippen LogP contribution >= 0.6 is 0 Å². The Hall–Kier alpha value is -0.120. The van der Waals surface area contributed by atoms with Gasteiger partial charge in [0, 0.05) is 18.1 Å². The van der Waals surface area contributed by atoms with Crippen LogP contribution in [0, 0.1) is 0 Å². The molecule has 1 fully saturated rings. The van der Waals surface area contributed by atoms with Gasteiger partial charge in [0.2, 0.25) is 0 Å². The van der Waals surface area contributed by atoms with Gasteiger partial charge < -0.3 is 15.7 Å². The molecule has 3 nitrogen and oxygen atoms in total. The molecule has 0 aromatic rings. The van der Waals surface area contributed by atoms with E-state index in [4.69, 9.17) is 5.11 Å². The highest BCUT2D eigenvalue weighted by Gasteiger charge is 2.18. The van der Waals surface area contributed by atoms with Gasteiger partial charge in [-0.1, -0.05) is 6.92 Å². The Morgan fingerprint density at radius 3 is 2.86 bits per heavy atom. The largest absolute Gasteiger partial charge is 0.395 e. The quantitative estimate of drug-likeness (QED) is 0.596. The lowest BCUT2D eigenvalue weighted by Crippen LogP contribution is -2.41. The zero-order chi connectivity index (χ0) is 10.4. The molecular weight excluding hydrogens is 176 g/mol. The second kappa shape index (κ2) is 6.38. The van der Waals surface area contributed by atoms with Crippen LogP contribution in [0.2, 0.25) is 0 Å². The maximum atomic E-state index is 9.06. The Balaban J connectivity index is 2.16. The Morgan fingerprint density at radius 1 is 1.57 bits per heavy atom. The van der Waals surface area contributed by atoms with E-state index in [1.165, 1.54) is 25.8 Å². The highest BCUT2D eigenvalue weighted by Crippen LogP contribution is 2.11. The van der Waals surface area contributed by atoms with E-state index in [0.29, 0.717) is 12.1 Å². The summed E-state index contributed by atoms with van der Waals surface area (Å²) in [5.41, 5.74) is 0. The van der Waals surface area contributed by atoms with Crippen molar-refractivity contribution in [3.63, 3.8) is 0 Å². The Labute approximate surface area is 87.3 Å². The van der Waals surface area contributed by atoms with Crippen molar-refractivity contribution in [2.75, 3.05) is 13.2 Å². The zero-order valence-corrected chi connectivity index (χ0v) is 9.42. The molecule has 1 rings (SSSR count). The molecule has 0 aromatic heterocycles. The van der Waals surface area contributed by atoms with Crippen LogP contribution in [0.3, 0.4) is 0 Å². The van der Waals surface area contributed by atoms with E-state index in [2.05, 4.69) is 24.5 Å². The third-order valence-corrected chi connectivity index (χ3v) is 3.03. The van der Waals surface area contributed by atoms with Gasteiger partial charge in [-0.05, 0) is 39.2 Å². The van der Waals surface area contributed by atoms with Gasteiger partial charge in [-0.3, -0.25) is 0 Å². The lowest BCUT2D eigenvalue weighted by molar-refractivity contribution is 0.225. The van der Waals surface area contributed by atoms with E-state index in [-0.39, 0.29) is 12.6 Å². The molecule has 3 unspecified atom stereocenters. The number of nitrogens with one attached hydrogen (secondary N) is 2. The first-order chi connectivity index (χ1) is 6.76. The van der Waals surface area contributed by atoms with Gasteiger partial charge in [0.15, 0.2) is 0 Å². The van der Waals surface area contributed by atoms with E-state index in [1.54, 1.807) is 0 Å². The van der Waals surface area contributed by atoms with Crippen molar-refractivity contribution in [2.45, 2.75) is 57.7 Å². The van der Waals surface area contributed by atoms with Crippen LogP contribution in [0.5, 0.6) is 0 Å². The predicted octanol–water partition coefficient (Wildman–Crippen LogP) is 0.877. The van der Waals surface area contributed by atoms with Gasteiger partial charge in [-0.25, -0.2) is 0 Å². The molecule has 0 amide bonds. The zero-order valence-electron chi connectivity index (χ0n) is 9.42. The van der Waals surface area contributed by atoms with Crippen molar-refractivity contribution in [1.82, 2.24) is 10.6 Å². The van der Waals surface area contributed by atoms with Gasteiger partial charge in [-0.2, -0.15) is 0 Å². The summed E-state index contributed by atoms with van der Waals surface area (Å²) in [5.74, 6) is 0. The number of hydrogen-bond donors (Lipinski definition) is 3. The number of aliphatic hydroxyl groups is 1. The molecule has 84 valence electrons. The average molecular weight is 200 g/mol. The van der Waals surface area contributed by atoms with Gasteiger partial charge in [0.05, 0.1) is 6.61 Å². The third-order valence-electron chi connectivity index (χ3n) is 3.03. The van der Waals surface area contributed by atoms with E-state index in [1.807, 2.05) is 0 Å². The third kappa shape index (κ3) is 3.95. The molecule has 1 aliphatic heterocycles. The highest BCUT2D eigenvalue weighted by molar-refractivity contribution is 4.80. The minimum Gasteiger partial charge on any atom is -0.395 e. The van der Waals surface area contributed by atoms with E-state index in [0.717, 1.165) is 6.42 Å². The summed E-state index contributed by atoms with van der Waals surface area (Å²) in [7, 11) is 0. The van der Waals surface area contributed by atoms with E-state index in [9.17, 15) is 0 Å². The van der Waals surface area contributed by atoms with E-state index >= 15 is 0 Å². The fourth-order valence-electron chi connectivity index (χ4n) is 2.15. The first-order valence-electron chi connectivity index (χ1n) is 5.86. The molecule has 3 heteroatoms. The monoisotopic (exact) mass is 200 g/mol. The van der Waals surface area contributed by atoms with Gasteiger partial charge in [-0.15, -0.1) is 0 Å². The summed E-state index contributed by atoms with van der Waals surface area (Å²) < 4.78 is 0. The molecule has 3 N–H and O–H groups in total. The molecule has 0 bridgehead atoms. The van der Waals surface area contributed by atoms with Crippen LogP contribution in [0.1, 0.15) is 39.5 Å². The molecule has 1 heterocycles. The summed E-state index contributed by atoms with van der Waals surface area (Å²) in [6.45, 7) is 5.74. The fraction of sp³-hybridized carbons (Fsp3) is 1.00. The first kappa shape index (κ1) is 12.0. The number of hydrogen-bond acceptors (Lipinski definition) is 3. The Kier molecular flexibility index (Phi) is 5.45. The predicted molar refractivity (Wildman–Crippen MR) is 59.4 cm³/mol. The van der Waals surface area contributed by atoms with Crippen molar-refractivity contribution in [3.05, 3.63) is 0 Å². The SMILES string of the molecule is CCC(CO)NC(C)CC1CCCN1. The van der Waals surface area contributed by atoms with Gasteiger partial charge >= 0.3 is 0 Å². The molecule has 0 aromatic carbocycles. The molecule has 14 heavy (non-hydrogen) atoms. The molecule has 1 saturated heterocycles. The summed E-state index contributed by atoms with van der Waals surface area (Å²) in [5, 5.41) is 16.0. The lowest BCUT2D eigenvalue weighted by atomic mass is 10.1. The summed E-state index contributed by atoms with van der Waals surface area (Å²) >= 11 is 0. The number of rotatable bonds is 6. The molecule has 1 aliphatic rings. The van der Waals surface area contributed by atoms with Crippen molar-refractivity contribution in [3.8, 4) is 0 Å². The maximum absolute atomic E-state index is 9.06. The van der Waals surface area contributed by atoms with Crippen LogP contribution in [-0.4, -0.2) is 36.4 Å². The second-order valence-corrected chi connectivity index (χ2v) is 4.38. The highest BCUT2D eigenvalue weighted by atomic mass is 16.3. The van der Waals surface area contributed by atoms with Crippen molar-refractivity contribution in [1.29, 1.82) is 0 Å². The van der Waals surface area contributed by atoms with Crippen LogP contribution in [0.4, 0.5) is 0 Å². The normalized spacial score (nSPS) is 26.4. The fourth-order valence-corrected chi connectivity index (χ4v) is 2.15. The molecule has 0 spiro atoms. The van der Waals surface area contributed by atoms with Gasteiger partial charge in [0.25, 0.3) is 0 Å². The standard InChI is InChI=1S/C11H24N2O/c1-3-10(8-14)13-9(2)7-11-5-4-6-12-11/h9-14H,3-8H2,1-2H3. The Bertz CT molecular complexity index is 138. The number of aliphatic hydroxyl groups excluding tert-OH is 1. The molecule has 0 aliphatic carbocycles. The minimum atomic E-state index is 0.249. The Morgan fingerprint density at radius 2 is 2.36 bits per heavy atom. The van der Waals surface area contributed by atoms with Crippen LogP contribution in [0.25, 0.3) is 0 Å². The van der Waals surface area contributed by atoms with Crippen LogP contribution < -0.4 is 10.6 Å².